The molecule has 0 fully saturated rings. The largest absolute Gasteiger partial charge is 0.497 e. The minimum Gasteiger partial charge on any atom is -0.497 e. The van der Waals surface area contributed by atoms with E-state index in [1.54, 1.807) is 14.2 Å². The Morgan fingerprint density at radius 2 is 1.09 bits per heavy atom. The Morgan fingerprint density at radius 3 is 1.43 bits per heavy atom. The van der Waals surface area contributed by atoms with Crippen LogP contribution in [0.15, 0.2) is 48.5 Å². The van der Waals surface area contributed by atoms with Gasteiger partial charge in [0.05, 0.1) is 14.2 Å². The first-order chi connectivity index (χ1) is 11.3. The number of benzene rings is 2. The van der Waals surface area contributed by atoms with Gasteiger partial charge in [-0.25, -0.2) is 0 Å². The van der Waals surface area contributed by atoms with E-state index in [1.165, 1.54) is 11.3 Å². The molecule has 23 heavy (non-hydrogen) atoms. The maximum absolute atomic E-state index is 5.13. The fourth-order valence-corrected chi connectivity index (χ4v) is 2.60. The lowest BCUT2D eigenvalue weighted by Gasteiger charge is -2.04. The predicted molar refractivity (Wildman–Crippen MR) is 92.5 cm³/mol. The summed E-state index contributed by atoms with van der Waals surface area (Å²) >= 11 is 1.44. The van der Waals surface area contributed by atoms with E-state index in [0.29, 0.717) is 10.3 Å². The van der Waals surface area contributed by atoms with Crippen LogP contribution in [0.1, 0.15) is 0 Å². The summed E-state index contributed by atoms with van der Waals surface area (Å²) in [5.74, 6) is 1.63. The number of hydrogen-bond acceptors (Lipinski definition) is 7. The molecule has 3 rings (SSSR count). The lowest BCUT2D eigenvalue weighted by Crippen LogP contribution is -1.90. The molecule has 0 aliphatic heterocycles. The van der Waals surface area contributed by atoms with Crippen LogP contribution < -0.4 is 20.1 Å². The van der Waals surface area contributed by atoms with E-state index >= 15 is 0 Å². The molecular formula is C16H16N4O2S. The Morgan fingerprint density at radius 1 is 0.696 bits per heavy atom. The van der Waals surface area contributed by atoms with Crippen molar-refractivity contribution in [2.24, 2.45) is 0 Å². The van der Waals surface area contributed by atoms with E-state index in [4.69, 9.17) is 9.47 Å². The summed E-state index contributed by atoms with van der Waals surface area (Å²) in [5.41, 5.74) is 1.86. The number of rotatable bonds is 6. The van der Waals surface area contributed by atoms with Crippen LogP contribution in [0.5, 0.6) is 11.5 Å². The zero-order chi connectivity index (χ0) is 16.1. The van der Waals surface area contributed by atoms with Crippen LogP contribution in [0, 0.1) is 0 Å². The molecular weight excluding hydrogens is 312 g/mol. The highest BCUT2D eigenvalue weighted by Gasteiger charge is 2.05. The van der Waals surface area contributed by atoms with E-state index in [-0.39, 0.29) is 0 Å². The Balaban J connectivity index is 1.64. The van der Waals surface area contributed by atoms with Crippen LogP contribution in [0.25, 0.3) is 0 Å². The van der Waals surface area contributed by atoms with Crippen molar-refractivity contribution in [2.75, 3.05) is 24.9 Å². The first-order valence-corrected chi connectivity index (χ1v) is 7.74. The molecule has 0 saturated heterocycles. The third-order valence-electron chi connectivity index (χ3n) is 3.11. The molecule has 1 heterocycles. The van der Waals surface area contributed by atoms with Crippen LogP contribution >= 0.6 is 11.3 Å². The molecule has 0 saturated carbocycles. The van der Waals surface area contributed by atoms with Crippen molar-refractivity contribution in [1.29, 1.82) is 0 Å². The Hall–Kier alpha value is -2.80. The predicted octanol–water partition coefficient (Wildman–Crippen LogP) is 4.04. The molecule has 0 radical (unpaired) electrons. The first kappa shape index (κ1) is 15.1. The smallest absolute Gasteiger partial charge is 0.211 e. The monoisotopic (exact) mass is 328 g/mol. The van der Waals surface area contributed by atoms with E-state index in [0.717, 1.165) is 22.9 Å². The van der Waals surface area contributed by atoms with Crippen molar-refractivity contribution in [3.8, 4) is 11.5 Å². The summed E-state index contributed by atoms with van der Waals surface area (Å²) in [7, 11) is 3.29. The van der Waals surface area contributed by atoms with E-state index in [1.807, 2.05) is 48.5 Å². The van der Waals surface area contributed by atoms with Crippen molar-refractivity contribution in [1.82, 2.24) is 10.2 Å². The normalized spacial score (nSPS) is 10.2. The maximum Gasteiger partial charge on any atom is 0.211 e. The van der Waals surface area contributed by atoms with Crippen LogP contribution in [-0.4, -0.2) is 24.4 Å². The molecule has 0 atom stereocenters. The number of nitrogens with zero attached hydrogens (tertiary/aromatic N) is 2. The van der Waals surface area contributed by atoms with Crippen LogP contribution in [-0.2, 0) is 0 Å². The molecule has 3 aromatic rings. The summed E-state index contributed by atoms with van der Waals surface area (Å²) in [6.07, 6.45) is 0. The van der Waals surface area contributed by atoms with Crippen molar-refractivity contribution in [3.05, 3.63) is 48.5 Å². The highest BCUT2D eigenvalue weighted by molar-refractivity contribution is 7.19. The summed E-state index contributed by atoms with van der Waals surface area (Å²) in [5, 5.41) is 16.1. The van der Waals surface area contributed by atoms with Gasteiger partial charge >= 0.3 is 0 Å². The number of nitrogens with one attached hydrogen (secondary N) is 2. The Kier molecular flexibility index (Phi) is 4.58. The zero-order valence-electron chi connectivity index (χ0n) is 12.7. The van der Waals surface area contributed by atoms with Crippen LogP contribution in [0.4, 0.5) is 21.6 Å². The molecule has 2 aromatic carbocycles. The summed E-state index contributed by atoms with van der Waals surface area (Å²) < 4.78 is 10.3. The summed E-state index contributed by atoms with van der Waals surface area (Å²) in [4.78, 5) is 0. The molecule has 0 unspecified atom stereocenters. The number of methoxy groups -OCH3 is 2. The van der Waals surface area contributed by atoms with Gasteiger partial charge in [0.1, 0.15) is 11.5 Å². The molecule has 0 aliphatic rings. The van der Waals surface area contributed by atoms with Crippen molar-refractivity contribution >= 4 is 33.0 Å². The second-order valence-electron chi connectivity index (χ2n) is 4.62. The fourth-order valence-electron chi connectivity index (χ4n) is 1.92. The molecule has 0 spiro atoms. The second-order valence-corrected chi connectivity index (χ2v) is 5.60. The lowest BCUT2D eigenvalue weighted by atomic mass is 10.3. The molecule has 0 aliphatic carbocycles. The van der Waals surface area contributed by atoms with Gasteiger partial charge in [-0.1, -0.05) is 11.3 Å². The van der Waals surface area contributed by atoms with E-state index in [9.17, 15) is 0 Å². The van der Waals surface area contributed by atoms with Gasteiger partial charge in [-0.3, -0.25) is 0 Å². The molecule has 6 nitrogen and oxygen atoms in total. The average Bonchev–Trinajstić information content (AvgIpc) is 3.03. The van der Waals surface area contributed by atoms with Gasteiger partial charge in [-0.2, -0.15) is 0 Å². The first-order valence-electron chi connectivity index (χ1n) is 6.92. The third kappa shape index (κ3) is 3.89. The molecule has 0 amide bonds. The zero-order valence-corrected chi connectivity index (χ0v) is 13.6. The summed E-state index contributed by atoms with van der Waals surface area (Å²) in [6, 6.07) is 15.3. The minimum atomic E-state index is 0.714. The topological polar surface area (TPSA) is 68.3 Å². The molecule has 0 bridgehead atoms. The highest BCUT2D eigenvalue weighted by atomic mass is 32.1. The SMILES string of the molecule is COc1ccc(Nc2nnc(Nc3ccc(OC)cc3)s2)cc1. The lowest BCUT2D eigenvalue weighted by molar-refractivity contribution is 0.415. The van der Waals surface area contributed by atoms with E-state index < -0.39 is 0 Å². The maximum atomic E-state index is 5.13. The van der Waals surface area contributed by atoms with Gasteiger partial charge in [0.25, 0.3) is 0 Å². The second kappa shape index (κ2) is 6.97. The Labute approximate surface area is 138 Å². The minimum absolute atomic E-state index is 0.714. The van der Waals surface area contributed by atoms with Gasteiger partial charge in [0.2, 0.25) is 10.3 Å². The van der Waals surface area contributed by atoms with Gasteiger partial charge in [0, 0.05) is 11.4 Å². The quantitative estimate of drug-likeness (QED) is 0.712. The number of ether oxygens (including phenoxy) is 2. The van der Waals surface area contributed by atoms with Gasteiger partial charge in [0.15, 0.2) is 0 Å². The average molecular weight is 328 g/mol. The molecule has 118 valence electrons. The van der Waals surface area contributed by atoms with Crippen LogP contribution in [0.2, 0.25) is 0 Å². The standard InChI is InChI=1S/C16H16N4O2S/c1-21-13-7-3-11(4-8-13)17-15-19-20-16(23-15)18-12-5-9-14(22-2)10-6-12/h3-10H,1-2H3,(H,17,19)(H,18,20). The van der Waals surface area contributed by atoms with Crippen molar-refractivity contribution in [2.45, 2.75) is 0 Å². The van der Waals surface area contributed by atoms with Crippen LogP contribution in [0.3, 0.4) is 0 Å². The van der Waals surface area contributed by atoms with Gasteiger partial charge in [-0.15, -0.1) is 10.2 Å². The molecule has 7 heteroatoms. The molecule has 1 aromatic heterocycles. The Bertz CT molecular complexity index is 693. The van der Waals surface area contributed by atoms with Gasteiger partial charge < -0.3 is 20.1 Å². The third-order valence-corrected chi connectivity index (χ3v) is 3.86. The number of hydrogen-bond donors (Lipinski definition) is 2. The fraction of sp³-hybridized carbons (Fsp3) is 0.125. The number of anilines is 4. The number of aromatic nitrogens is 2. The van der Waals surface area contributed by atoms with Crippen molar-refractivity contribution in [3.63, 3.8) is 0 Å². The highest BCUT2D eigenvalue weighted by Crippen LogP contribution is 2.27. The summed E-state index contributed by atoms with van der Waals surface area (Å²) in [6.45, 7) is 0. The van der Waals surface area contributed by atoms with E-state index in [2.05, 4.69) is 20.8 Å². The molecule has 2 N–H and O–H groups in total. The van der Waals surface area contributed by atoms with Gasteiger partial charge in [-0.05, 0) is 48.5 Å². The van der Waals surface area contributed by atoms with Crippen molar-refractivity contribution < 1.29 is 9.47 Å².